The molecule has 132 valence electrons. The molecule has 0 radical (unpaired) electrons. The zero-order valence-corrected chi connectivity index (χ0v) is 15.5. The first-order valence-corrected chi connectivity index (χ1v) is 10.1. The Kier molecular flexibility index (Phi) is 3.39. The second-order valence-electron chi connectivity index (χ2n) is 6.77. The molecule has 0 aliphatic carbocycles. The summed E-state index contributed by atoms with van der Waals surface area (Å²) in [5.41, 5.74) is 0.997. The van der Waals surface area contributed by atoms with Crippen LogP contribution in [0.1, 0.15) is 5.56 Å². The second-order valence-corrected chi connectivity index (χ2v) is 8.32. The van der Waals surface area contributed by atoms with Crippen molar-refractivity contribution in [1.82, 2.24) is 0 Å². The molecule has 0 spiro atoms. The molecule has 0 saturated carbocycles. The predicted molar refractivity (Wildman–Crippen MR) is 109 cm³/mol. The maximum Gasteiger partial charge on any atom is 0.339 e. The van der Waals surface area contributed by atoms with Gasteiger partial charge < -0.3 is 4.18 Å². The molecule has 4 heteroatoms. The molecule has 0 fully saturated rings. The van der Waals surface area contributed by atoms with Crippen LogP contribution in [0.15, 0.2) is 83.8 Å². The van der Waals surface area contributed by atoms with Crippen LogP contribution < -0.4 is 4.18 Å². The van der Waals surface area contributed by atoms with E-state index in [-0.39, 0.29) is 4.90 Å². The summed E-state index contributed by atoms with van der Waals surface area (Å²) < 4.78 is 31.1. The van der Waals surface area contributed by atoms with Crippen LogP contribution in [0.4, 0.5) is 0 Å². The first kappa shape index (κ1) is 16.1. The van der Waals surface area contributed by atoms with Crippen LogP contribution in [-0.4, -0.2) is 8.42 Å². The summed E-state index contributed by atoms with van der Waals surface area (Å²) in [6.07, 6.45) is 0. The summed E-state index contributed by atoms with van der Waals surface area (Å²) in [6.45, 7) is 1.91. The first-order valence-electron chi connectivity index (χ1n) is 8.71. The minimum atomic E-state index is -3.90. The highest BCUT2D eigenvalue weighted by Gasteiger charge is 2.19. The van der Waals surface area contributed by atoms with E-state index in [2.05, 4.69) is 24.3 Å². The maximum atomic E-state index is 12.7. The van der Waals surface area contributed by atoms with E-state index < -0.39 is 10.1 Å². The lowest BCUT2D eigenvalue weighted by Gasteiger charge is -2.14. The van der Waals surface area contributed by atoms with Gasteiger partial charge in [0.05, 0.1) is 0 Å². The Morgan fingerprint density at radius 1 is 0.667 bits per heavy atom. The summed E-state index contributed by atoms with van der Waals surface area (Å²) in [4.78, 5) is 0.152. The van der Waals surface area contributed by atoms with Crippen molar-refractivity contribution in [3.63, 3.8) is 0 Å². The van der Waals surface area contributed by atoms with E-state index >= 15 is 0 Å². The van der Waals surface area contributed by atoms with Crippen LogP contribution in [0.5, 0.6) is 5.75 Å². The third-order valence-electron chi connectivity index (χ3n) is 5.00. The van der Waals surface area contributed by atoms with Crippen molar-refractivity contribution in [3.05, 3.63) is 84.4 Å². The van der Waals surface area contributed by atoms with Gasteiger partial charge in [0.25, 0.3) is 0 Å². The van der Waals surface area contributed by atoms with Crippen LogP contribution >= 0.6 is 0 Å². The molecule has 0 aliphatic rings. The van der Waals surface area contributed by atoms with Crippen LogP contribution in [0.25, 0.3) is 32.3 Å². The lowest BCUT2D eigenvalue weighted by molar-refractivity contribution is 0.489. The van der Waals surface area contributed by atoms with E-state index in [0.717, 1.165) is 37.9 Å². The molecule has 3 nitrogen and oxygen atoms in total. The highest BCUT2D eigenvalue weighted by atomic mass is 32.2. The van der Waals surface area contributed by atoms with Crippen molar-refractivity contribution in [3.8, 4) is 5.75 Å². The highest BCUT2D eigenvalue weighted by molar-refractivity contribution is 7.87. The van der Waals surface area contributed by atoms with Gasteiger partial charge in [-0.15, -0.1) is 0 Å². The van der Waals surface area contributed by atoms with Crippen molar-refractivity contribution in [2.45, 2.75) is 11.8 Å². The third-order valence-corrected chi connectivity index (χ3v) is 6.25. The number of aryl methyl sites for hydroxylation is 1. The fourth-order valence-electron chi connectivity index (χ4n) is 3.65. The van der Waals surface area contributed by atoms with Crippen LogP contribution in [0.2, 0.25) is 0 Å². The molecule has 0 aliphatic heterocycles. The number of hydrogen-bond acceptors (Lipinski definition) is 3. The molecule has 0 heterocycles. The smallest absolute Gasteiger partial charge is 0.339 e. The Balaban J connectivity index is 1.73. The van der Waals surface area contributed by atoms with Gasteiger partial charge in [0.15, 0.2) is 5.75 Å². The summed E-state index contributed by atoms with van der Waals surface area (Å²) in [5.74, 6) is 0.348. The predicted octanol–water partition coefficient (Wildman–Crippen LogP) is 5.66. The fraction of sp³-hybridized carbons (Fsp3) is 0.0435. The van der Waals surface area contributed by atoms with E-state index in [1.165, 1.54) is 0 Å². The summed E-state index contributed by atoms with van der Waals surface area (Å²) in [5, 5.41) is 6.28. The van der Waals surface area contributed by atoms with E-state index in [1.807, 2.05) is 31.2 Å². The molecule has 5 aromatic carbocycles. The zero-order valence-electron chi connectivity index (χ0n) is 14.6. The largest absolute Gasteiger partial charge is 0.378 e. The van der Waals surface area contributed by atoms with Crippen molar-refractivity contribution < 1.29 is 12.6 Å². The van der Waals surface area contributed by atoms with Gasteiger partial charge >= 0.3 is 10.1 Å². The Bertz CT molecular complexity index is 1390. The van der Waals surface area contributed by atoms with Gasteiger partial charge in [-0.25, -0.2) is 0 Å². The van der Waals surface area contributed by atoms with Crippen molar-refractivity contribution in [2.75, 3.05) is 0 Å². The van der Waals surface area contributed by atoms with E-state index in [0.29, 0.717) is 5.75 Å². The summed E-state index contributed by atoms with van der Waals surface area (Å²) >= 11 is 0. The average Bonchev–Trinajstić information content (AvgIpc) is 2.67. The number of rotatable bonds is 3. The van der Waals surface area contributed by atoms with Gasteiger partial charge in [0, 0.05) is 10.8 Å². The standard InChI is InChI=1S/C23H16O3S/c1-15-5-11-19(12-6-15)27(24,25)26-21-14-10-18-8-7-16-3-2-4-17-9-13-20(21)23(18)22(16)17/h2-14H,1H3. The molecule has 0 saturated heterocycles. The molecule has 5 rings (SSSR count). The van der Waals surface area contributed by atoms with Crippen LogP contribution in [0.3, 0.4) is 0 Å². The molecule has 0 amide bonds. The monoisotopic (exact) mass is 372 g/mol. The van der Waals surface area contributed by atoms with Gasteiger partial charge in [-0.2, -0.15) is 8.42 Å². The molecular formula is C23H16O3S. The fourth-order valence-corrected chi connectivity index (χ4v) is 4.60. The van der Waals surface area contributed by atoms with E-state index in [1.54, 1.807) is 30.3 Å². The summed E-state index contributed by atoms with van der Waals surface area (Å²) in [7, 11) is -3.90. The van der Waals surface area contributed by atoms with Crippen LogP contribution in [-0.2, 0) is 10.1 Å². The SMILES string of the molecule is Cc1ccc(S(=O)(=O)Oc2ccc3ccc4cccc5ccc2c3c45)cc1. The van der Waals surface area contributed by atoms with Crippen molar-refractivity contribution in [1.29, 1.82) is 0 Å². The molecule has 27 heavy (non-hydrogen) atoms. The van der Waals surface area contributed by atoms with Gasteiger partial charge in [-0.3, -0.25) is 0 Å². The third kappa shape index (κ3) is 2.53. The van der Waals surface area contributed by atoms with E-state index in [4.69, 9.17) is 4.18 Å². The molecular weight excluding hydrogens is 356 g/mol. The van der Waals surface area contributed by atoms with Gasteiger partial charge in [-0.05, 0) is 52.7 Å². The Hall–Kier alpha value is -3.11. The molecule has 0 N–H and O–H groups in total. The normalized spacial score (nSPS) is 12.2. The van der Waals surface area contributed by atoms with Gasteiger partial charge in [0.2, 0.25) is 0 Å². The molecule has 0 aromatic heterocycles. The summed E-state index contributed by atoms with van der Waals surface area (Å²) in [6, 6.07) is 24.6. The molecule has 0 atom stereocenters. The number of benzene rings is 5. The second kappa shape index (κ2) is 5.69. The van der Waals surface area contributed by atoms with E-state index in [9.17, 15) is 8.42 Å². The highest BCUT2D eigenvalue weighted by Crippen LogP contribution is 2.39. The van der Waals surface area contributed by atoms with Crippen LogP contribution in [0, 0.1) is 6.92 Å². The lowest BCUT2D eigenvalue weighted by atomic mass is 9.94. The van der Waals surface area contributed by atoms with Gasteiger partial charge in [-0.1, -0.05) is 60.2 Å². The Labute approximate surface area is 157 Å². The number of hydrogen-bond donors (Lipinski definition) is 0. The quantitative estimate of drug-likeness (QED) is 0.303. The Morgan fingerprint density at radius 3 is 1.96 bits per heavy atom. The maximum absolute atomic E-state index is 12.7. The molecule has 0 bridgehead atoms. The Morgan fingerprint density at radius 2 is 1.26 bits per heavy atom. The van der Waals surface area contributed by atoms with Gasteiger partial charge in [0.1, 0.15) is 4.90 Å². The van der Waals surface area contributed by atoms with Crippen molar-refractivity contribution in [2.24, 2.45) is 0 Å². The average molecular weight is 372 g/mol. The minimum absolute atomic E-state index is 0.152. The topological polar surface area (TPSA) is 43.4 Å². The molecule has 5 aromatic rings. The first-order chi connectivity index (χ1) is 13.0. The zero-order chi connectivity index (χ0) is 18.6. The lowest BCUT2D eigenvalue weighted by Crippen LogP contribution is -2.10. The molecule has 0 unspecified atom stereocenters. The van der Waals surface area contributed by atoms with Crippen molar-refractivity contribution >= 4 is 42.4 Å². The minimum Gasteiger partial charge on any atom is -0.378 e.